The maximum absolute atomic E-state index is 10.9. The summed E-state index contributed by atoms with van der Waals surface area (Å²) in [4.78, 5) is 4.88. The minimum Gasteiger partial charge on any atom is -0.230 e. The molecule has 0 saturated heterocycles. The smallest absolute Gasteiger partial charge is 0.209 e. The average molecular weight is 191 g/mol. The van der Waals surface area contributed by atoms with E-state index in [-0.39, 0.29) is 4.34 Å². The molecule has 5 heteroatoms. The van der Waals surface area contributed by atoms with Gasteiger partial charge in [0.25, 0.3) is 0 Å². The van der Waals surface area contributed by atoms with E-state index < -0.39 is 9.84 Å². The van der Waals surface area contributed by atoms with Crippen molar-refractivity contribution in [1.29, 1.82) is 0 Å². The second-order valence-electron chi connectivity index (χ2n) is 2.39. The van der Waals surface area contributed by atoms with Gasteiger partial charge in [-0.25, -0.2) is 13.4 Å². The molecule has 0 bridgehead atoms. The van der Waals surface area contributed by atoms with Crippen LogP contribution >= 0.6 is 11.3 Å². The third-order valence-electron chi connectivity index (χ3n) is 1.33. The molecule has 0 saturated carbocycles. The molecule has 0 amide bonds. The Bertz CT molecular complexity index is 344. The topological polar surface area (TPSA) is 47.0 Å². The van der Waals surface area contributed by atoms with E-state index in [1.165, 1.54) is 17.6 Å². The Labute approximate surface area is 70.0 Å². The van der Waals surface area contributed by atoms with Crippen molar-refractivity contribution in [3.63, 3.8) is 0 Å². The van der Waals surface area contributed by atoms with Gasteiger partial charge >= 0.3 is 0 Å². The van der Waals surface area contributed by atoms with Crippen LogP contribution in [0, 0.1) is 13.8 Å². The zero-order chi connectivity index (χ0) is 8.65. The highest BCUT2D eigenvalue weighted by Gasteiger charge is 2.13. The van der Waals surface area contributed by atoms with Crippen LogP contribution in [0.4, 0.5) is 0 Å². The molecular formula is C6H9NO2S2. The summed E-state index contributed by atoms with van der Waals surface area (Å²) in [7, 11) is -3.10. The van der Waals surface area contributed by atoms with Gasteiger partial charge in [0.2, 0.25) is 14.2 Å². The fourth-order valence-corrected chi connectivity index (χ4v) is 2.52. The van der Waals surface area contributed by atoms with Crippen molar-refractivity contribution in [3.05, 3.63) is 10.6 Å². The second kappa shape index (κ2) is 2.57. The number of rotatable bonds is 1. The predicted molar refractivity (Wildman–Crippen MR) is 44.7 cm³/mol. The van der Waals surface area contributed by atoms with Crippen molar-refractivity contribution in [3.8, 4) is 0 Å². The Morgan fingerprint density at radius 2 is 1.91 bits per heavy atom. The summed E-state index contributed by atoms with van der Waals surface area (Å²) in [5, 5.41) is 0. The SMILES string of the molecule is Cc1nc(S(C)(=O)=O)sc1C. The van der Waals surface area contributed by atoms with Gasteiger partial charge in [-0.3, -0.25) is 0 Å². The molecule has 3 nitrogen and oxygen atoms in total. The minimum atomic E-state index is -3.10. The van der Waals surface area contributed by atoms with Crippen LogP contribution in [-0.2, 0) is 9.84 Å². The van der Waals surface area contributed by atoms with Crippen LogP contribution in [0.5, 0.6) is 0 Å². The zero-order valence-electron chi connectivity index (χ0n) is 6.58. The highest BCUT2D eigenvalue weighted by molar-refractivity contribution is 7.92. The summed E-state index contributed by atoms with van der Waals surface area (Å²) >= 11 is 1.22. The molecule has 0 radical (unpaired) electrons. The van der Waals surface area contributed by atoms with E-state index in [0.717, 1.165) is 10.6 Å². The molecule has 0 fully saturated rings. The Kier molecular flexibility index (Phi) is 2.02. The molecule has 0 unspecified atom stereocenters. The van der Waals surface area contributed by atoms with Crippen LogP contribution in [0.3, 0.4) is 0 Å². The van der Waals surface area contributed by atoms with Crippen molar-refractivity contribution >= 4 is 21.2 Å². The van der Waals surface area contributed by atoms with Gasteiger partial charge in [0.05, 0.1) is 5.69 Å². The summed E-state index contributed by atoms with van der Waals surface area (Å²) in [6, 6.07) is 0. The van der Waals surface area contributed by atoms with Gasteiger partial charge in [-0.05, 0) is 13.8 Å². The first kappa shape index (κ1) is 8.67. The van der Waals surface area contributed by atoms with Crippen LogP contribution in [0.2, 0.25) is 0 Å². The van der Waals surface area contributed by atoms with Gasteiger partial charge in [-0.1, -0.05) is 0 Å². The molecule has 1 heterocycles. The summed E-state index contributed by atoms with van der Waals surface area (Å²) < 4.78 is 22.1. The minimum absolute atomic E-state index is 0.215. The molecule has 1 aromatic heterocycles. The molecule has 0 N–H and O–H groups in total. The van der Waals surface area contributed by atoms with Crippen LogP contribution < -0.4 is 0 Å². The lowest BCUT2D eigenvalue weighted by molar-refractivity contribution is 0.601. The lowest BCUT2D eigenvalue weighted by Crippen LogP contribution is -1.95. The van der Waals surface area contributed by atoms with E-state index in [2.05, 4.69) is 4.98 Å². The maximum atomic E-state index is 10.9. The quantitative estimate of drug-likeness (QED) is 0.669. The Morgan fingerprint density at radius 1 is 1.36 bits per heavy atom. The fraction of sp³-hybridized carbons (Fsp3) is 0.500. The Morgan fingerprint density at radius 3 is 2.09 bits per heavy atom. The van der Waals surface area contributed by atoms with Gasteiger partial charge in [0, 0.05) is 11.1 Å². The van der Waals surface area contributed by atoms with Crippen LogP contribution in [0.15, 0.2) is 4.34 Å². The first-order valence-corrected chi connectivity index (χ1v) is 5.76. The van der Waals surface area contributed by atoms with Crippen molar-refractivity contribution in [1.82, 2.24) is 4.98 Å². The number of thiazole rings is 1. The number of hydrogen-bond acceptors (Lipinski definition) is 4. The molecule has 11 heavy (non-hydrogen) atoms. The van der Waals surface area contributed by atoms with Gasteiger partial charge in [-0.2, -0.15) is 0 Å². The van der Waals surface area contributed by atoms with E-state index in [4.69, 9.17) is 0 Å². The molecule has 0 aromatic carbocycles. The second-order valence-corrected chi connectivity index (χ2v) is 5.79. The van der Waals surface area contributed by atoms with Crippen molar-refractivity contribution in [2.24, 2.45) is 0 Å². The number of aromatic nitrogens is 1. The highest BCUT2D eigenvalue weighted by Crippen LogP contribution is 2.20. The Hall–Kier alpha value is -0.420. The molecule has 0 atom stereocenters. The largest absolute Gasteiger partial charge is 0.230 e. The van der Waals surface area contributed by atoms with Gasteiger partial charge in [0.1, 0.15) is 0 Å². The van der Waals surface area contributed by atoms with E-state index in [9.17, 15) is 8.42 Å². The molecule has 0 aliphatic heterocycles. The monoisotopic (exact) mass is 191 g/mol. The van der Waals surface area contributed by atoms with Crippen molar-refractivity contribution in [2.45, 2.75) is 18.2 Å². The van der Waals surface area contributed by atoms with Crippen molar-refractivity contribution < 1.29 is 8.42 Å². The standard InChI is InChI=1S/C6H9NO2S2/c1-4-5(2)10-6(7-4)11(3,8)9/h1-3H3. The molecule has 1 rings (SSSR count). The van der Waals surface area contributed by atoms with E-state index >= 15 is 0 Å². The Balaban J connectivity index is 3.29. The molecule has 1 aromatic rings. The van der Waals surface area contributed by atoms with Crippen LogP contribution in [-0.4, -0.2) is 19.7 Å². The molecule has 0 aliphatic rings. The summed E-state index contributed by atoms with van der Waals surface area (Å²) in [5.41, 5.74) is 0.801. The number of nitrogens with zero attached hydrogens (tertiary/aromatic N) is 1. The molecule has 62 valence electrons. The highest BCUT2D eigenvalue weighted by atomic mass is 32.2. The lowest BCUT2D eigenvalue weighted by atomic mass is 10.4. The predicted octanol–water partition coefficient (Wildman–Crippen LogP) is 1.16. The summed E-state index contributed by atoms with van der Waals surface area (Å²) in [6.07, 6.45) is 1.17. The average Bonchev–Trinajstić information content (AvgIpc) is 2.11. The van der Waals surface area contributed by atoms with E-state index in [0.29, 0.717) is 0 Å². The first-order chi connectivity index (χ1) is 4.91. The van der Waals surface area contributed by atoms with Crippen molar-refractivity contribution in [2.75, 3.05) is 6.26 Å². The van der Waals surface area contributed by atoms with Crippen LogP contribution in [0.25, 0.3) is 0 Å². The van der Waals surface area contributed by atoms with E-state index in [1.54, 1.807) is 6.92 Å². The van der Waals surface area contributed by atoms with Gasteiger partial charge < -0.3 is 0 Å². The van der Waals surface area contributed by atoms with Gasteiger partial charge in [-0.15, -0.1) is 11.3 Å². The first-order valence-electron chi connectivity index (χ1n) is 3.05. The number of aryl methyl sites for hydroxylation is 2. The van der Waals surface area contributed by atoms with Gasteiger partial charge in [0.15, 0.2) is 0 Å². The molecular weight excluding hydrogens is 182 g/mol. The zero-order valence-corrected chi connectivity index (χ0v) is 8.21. The summed E-state index contributed by atoms with van der Waals surface area (Å²) in [6.45, 7) is 3.67. The van der Waals surface area contributed by atoms with E-state index in [1.807, 2.05) is 6.92 Å². The third kappa shape index (κ3) is 1.78. The number of sulfone groups is 1. The molecule has 0 aliphatic carbocycles. The molecule has 0 spiro atoms. The van der Waals surface area contributed by atoms with Crippen LogP contribution in [0.1, 0.15) is 10.6 Å². The third-order valence-corrected chi connectivity index (χ3v) is 4.08. The summed E-state index contributed by atoms with van der Waals surface area (Å²) in [5.74, 6) is 0. The number of hydrogen-bond donors (Lipinski definition) is 0. The maximum Gasteiger partial charge on any atom is 0.209 e. The lowest BCUT2D eigenvalue weighted by Gasteiger charge is -1.85. The normalized spacial score (nSPS) is 11.9. The fourth-order valence-electron chi connectivity index (χ4n) is 0.602.